The van der Waals surface area contributed by atoms with Crippen LogP contribution in [0.1, 0.15) is 12.8 Å². The van der Waals surface area contributed by atoms with Gasteiger partial charge in [-0.05, 0) is 41.8 Å². The number of aryl methyl sites for hydroxylation is 1. The first-order chi connectivity index (χ1) is 12.7. The maximum absolute atomic E-state index is 12.0. The number of hydrogen-bond donors (Lipinski definition) is 1. The number of aromatic nitrogens is 3. The van der Waals surface area contributed by atoms with Crippen molar-refractivity contribution in [1.82, 2.24) is 14.8 Å². The summed E-state index contributed by atoms with van der Waals surface area (Å²) >= 11 is 0. The predicted molar refractivity (Wildman–Crippen MR) is 103 cm³/mol. The Bertz CT molecular complexity index is 1160. The molecule has 5 rings (SSSR count). The summed E-state index contributed by atoms with van der Waals surface area (Å²) in [4.78, 5) is 16.7. The molecule has 2 heterocycles. The molecule has 1 saturated carbocycles. The molecule has 1 fully saturated rings. The lowest BCUT2D eigenvalue weighted by Crippen LogP contribution is -2.14. The molecule has 1 aliphatic rings. The van der Waals surface area contributed by atoms with Crippen molar-refractivity contribution in [3.63, 3.8) is 0 Å². The Morgan fingerprint density at radius 1 is 1.08 bits per heavy atom. The lowest BCUT2D eigenvalue weighted by molar-refractivity contribution is -0.117. The molecule has 1 amide bonds. The molecule has 5 nitrogen and oxygen atoms in total. The smallest absolute Gasteiger partial charge is 0.228 e. The number of nitrogens with one attached hydrogen (secondary N) is 1. The first-order valence-corrected chi connectivity index (χ1v) is 8.83. The van der Waals surface area contributed by atoms with Crippen molar-refractivity contribution < 1.29 is 4.79 Å². The Balaban J connectivity index is 1.62. The quantitative estimate of drug-likeness (QED) is 0.609. The topological polar surface area (TPSA) is 59.8 Å². The van der Waals surface area contributed by atoms with E-state index in [2.05, 4.69) is 45.7 Å². The van der Waals surface area contributed by atoms with E-state index in [0.29, 0.717) is 5.82 Å². The summed E-state index contributed by atoms with van der Waals surface area (Å²) in [7, 11) is 1.91. The van der Waals surface area contributed by atoms with Gasteiger partial charge >= 0.3 is 0 Å². The molecule has 2 aromatic carbocycles. The molecule has 0 radical (unpaired) electrons. The Kier molecular flexibility index (Phi) is 3.28. The average molecular weight is 342 g/mol. The van der Waals surface area contributed by atoms with E-state index in [0.717, 1.165) is 35.1 Å². The Labute approximate surface area is 150 Å². The van der Waals surface area contributed by atoms with Gasteiger partial charge in [0.2, 0.25) is 5.91 Å². The average Bonchev–Trinajstić information content (AvgIpc) is 3.46. The molecule has 0 aliphatic heterocycles. The normalized spacial score (nSPS) is 14.0. The summed E-state index contributed by atoms with van der Waals surface area (Å²) in [5, 5.41) is 9.97. The van der Waals surface area contributed by atoms with E-state index in [1.54, 1.807) is 0 Å². The molecule has 0 unspecified atom stereocenters. The van der Waals surface area contributed by atoms with E-state index in [9.17, 15) is 4.79 Å². The van der Waals surface area contributed by atoms with Crippen LogP contribution in [-0.2, 0) is 11.8 Å². The second-order valence-corrected chi connectivity index (χ2v) is 6.86. The van der Waals surface area contributed by atoms with E-state index in [-0.39, 0.29) is 11.8 Å². The molecular weight excluding hydrogens is 324 g/mol. The van der Waals surface area contributed by atoms with E-state index >= 15 is 0 Å². The number of carbonyl (C=O) groups excluding carboxylic acids is 1. The van der Waals surface area contributed by atoms with Gasteiger partial charge in [-0.2, -0.15) is 5.10 Å². The van der Waals surface area contributed by atoms with Gasteiger partial charge in [0.25, 0.3) is 0 Å². The van der Waals surface area contributed by atoms with Gasteiger partial charge < -0.3 is 5.32 Å². The molecule has 0 spiro atoms. The molecule has 0 saturated heterocycles. The Hall–Kier alpha value is -3.21. The van der Waals surface area contributed by atoms with Crippen molar-refractivity contribution in [2.75, 3.05) is 5.32 Å². The van der Waals surface area contributed by atoms with Crippen molar-refractivity contribution in [1.29, 1.82) is 0 Å². The first kappa shape index (κ1) is 15.1. The van der Waals surface area contributed by atoms with Crippen LogP contribution >= 0.6 is 0 Å². The number of carbonyl (C=O) groups is 1. The van der Waals surface area contributed by atoms with Crippen LogP contribution in [0.25, 0.3) is 33.1 Å². The highest BCUT2D eigenvalue weighted by Gasteiger charge is 2.29. The van der Waals surface area contributed by atoms with E-state index in [1.165, 1.54) is 10.8 Å². The number of fused-ring (bicyclic) bond motifs is 2. The van der Waals surface area contributed by atoms with Crippen LogP contribution in [0.3, 0.4) is 0 Å². The van der Waals surface area contributed by atoms with Crippen molar-refractivity contribution in [2.24, 2.45) is 13.0 Å². The maximum atomic E-state index is 12.0. The summed E-state index contributed by atoms with van der Waals surface area (Å²) in [5.41, 5.74) is 3.59. The third-order valence-corrected chi connectivity index (χ3v) is 4.92. The highest BCUT2D eigenvalue weighted by atomic mass is 16.2. The lowest BCUT2D eigenvalue weighted by atomic mass is 10.0. The van der Waals surface area contributed by atoms with Crippen molar-refractivity contribution >= 4 is 33.5 Å². The summed E-state index contributed by atoms with van der Waals surface area (Å²) in [6.45, 7) is 0. The number of pyridine rings is 1. The van der Waals surface area contributed by atoms with Crippen molar-refractivity contribution in [3.8, 4) is 11.3 Å². The molecule has 26 heavy (non-hydrogen) atoms. The van der Waals surface area contributed by atoms with Gasteiger partial charge in [-0.25, -0.2) is 4.98 Å². The SMILES string of the molecule is Cn1nc(-c2ccc3ccccc3c2)c2nc(NC(=O)C3CC3)ccc21. The van der Waals surface area contributed by atoms with E-state index in [1.807, 2.05) is 36.0 Å². The van der Waals surface area contributed by atoms with Crippen LogP contribution in [0.15, 0.2) is 54.6 Å². The lowest BCUT2D eigenvalue weighted by Gasteiger charge is -2.04. The van der Waals surface area contributed by atoms with E-state index < -0.39 is 0 Å². The minimum atomic E-state index is 0.0630. The van der Waals surface area contributed by atoms with Crippen LogP contribution in [-0.4, -0.2) is 20.7 Å². The minimum Gasteiger partial charge on any atom is -0.310 e. The van der Waals surface area contributed by atoms with Gasteiger partial charge in [0.05, 0.1) is 5.52 Å². The van der Waals surface area contributed by atoms with E-state index in [4.69, 9.17) is 0 Å². The van der Waals surface area contributed by atoms with Gasteiger partial charge in [-0.1, -0.05) is 36.4 Å². The predicted octanol–water partition coefficient (Wildman–Crippen LogP) is 4.14. The number of amides is 1. The molecule has 2 aromatic heterocycles. The first-order valence-electron chi connectivity index (χ1n) is 8.83. The molecule has 0 bridgehead atoms. The van der Waals surface area contributed by atoms with Crippen LogP contribution in [0, 0.1) is 5.92 Å². The molecule has 4 aromatic rings. The largest absolute Gasteiger partial charge is 0.310 e. The fourth-order valence-corrected chi connectivity index (χ4v) is 3.31. The Morgan fingerprint density at radius 3 is 2.69 bits per heavy atom. The zero-order valence-electron chi connectivity index (χ0n) is 14.4. The summed E-state index contributed by atoms with van der Waals surface area (Å²) in [6, 6.07) is 18.4. The fourth-order valence-electron chi connectivity index (χ4n) is 3.31. The third-order valence-electron chi connectivity index (χ3n) is 4.92. The number of benzene rings is 2. The molecule has 5 heteroatoms. The Morgan fingerprint density at radius 2 is 1.88 bits per heavy atom. The molecule has 1 N–H and O–H groups in total. The van der Waals surface area contributed by atoms with Gasteiger partial charge in [0.1, 0.15) is 17.0 Å². The fraction of sp³-hybridized carbons (Fsp3) is 0.190. The molecule has 0 atom stereocenters. The second kappa shape index (κ2) is 5.66. The van der Waals surface area contributed by atoms with Crippen molar-refractivity contribution in [2.45, 2.75) is 12.8 Å². The number of hydrogen-bond acceptors (Lipinski definition) is 3. The summed E-state index contributed by atoms with van der Waals surface area (Å²) < 4.78 is 1.83. The van der Waals surface area contributed by atoms with Crippen LogP contribution in [0.4, 0.5) is 5.82 Å². The third kappa shape index (κ3) is 2.52. The van der Waals surface area contributed by atoms with Gasteiger partial charge in [0.15, 0.2) is 0 Å². The zero-order chi connectivity index (χ0) is 17.7. The van der Waals surface area contributed by atoms with Crippen molar-refractivity contribution in [3.05, 3.63) is 54.6 Å². The zero-order valence-corrected chi connectivity index (χ0v) is 14.4. The van der Waals surface area contributed by atoms with Crippen LogP contribution in [0.2, 0.25) is 0 Å². The standard InChI is InChI=1S/C21H18N4O/c1-25-17-10-11-18(23-21(26)14-7-8-14)22-20(17)19(24-25)16-9-6-13-4-2-3-5-15(13)12-16/h2-6,9-12,14H,7-8H2,1H3,(H,22,23,26). The number of rotatable bonds is 3. The van der Waals surface area contributed by atoms with Gasteiger partial charge in [-0.15, -0.1) is 0 Å². The molecule has 128 valence electrons. The highest BCUT2D eigenvalue weighted by molar-refractivity contribution is 5.97. The maximum Gasteiger partial charge on any atom is 0.228 e. The van der Waals surface area contributed by atoms with Gasteiger partial charge in [-0.3, -0.25) is 9.48 Å². The van der Waals surface area contributed by atoms with Gasteiger partial charge in [0, 0.05) is 18.5 Å². The molecule has 1 aliphatic carbocycles. The minimum absolute atomic E-state index is 0.0630. The molecular formula is C21H18N4O. The van der Waals surface area contributed by atoms with Crippen LogP contribution in [0.5, 0.6) is 0 Å². The summed E-state index contributed by atoms with van der Waals surface area (Å²) in [6.07, 6.45) is 1.95. The summed E-state index contributed by atoms with van der Waals surface area (Å²) in [5.74, 6) is 0.804. The number of anilines is 1. The highest BCUT2D eigenvalue weighted by Crippen LogP contribution is 2.32. The van der Waals surface area contributed by atoms with Crippen LogP contribution < -0.4 is 5.32 Å². The number of nitrogens with zero attached hydrogens (tertiary/aromatic N) is 3. The second-order valence-electron chi connectivity index (χ2n) is 6.86. The monoisotopic (exact) mass is 342 g/mol.